The van der Waals surface area contributed by atoms with Crippen molar-refractivity contribution in [1.82, 2.24) is 0 Å². The molecule has 0 saturated carbocycles. The van der Waals surface area contributed by atoms with Crippen molar-refractivity contribution in [3.05, 3.63) is 11.8 Å². The van der Waals surface area contributed by atoms with E-state index in [9.17, 15) is 0 Å². The van der Waals surface area contributed by atoms with Crippen LogP contribution in [0, 0.1) is 11.8 Å². The van der Waals surface area contributed by atoms with Crippen LogP contribution in [0.1, 0.15) is 48.5 Å². The van der Waals surface area contributed by atoms with Crippen LogP contribution in [-0.4, -0.2) is 26.7 Å². The lowest BCUT2D eigenvalue weighted by Gasteiger charge is -2.20. The van der Waals surface area contributed by atoms with Gasteiger partial charge in [0.15, 0.2) is 0 Å². The highest BCUT2D eigenvalue weighted by molar-refractivity contribution is 6.51. The van der Waals surface area contributed by atoms with Gasteiger partial charge in [0.1, 0.15) is 0 Å². The van der Waals surface area contributed by atoms with E-state index >= 15 is 0 Å². The first kappa shape index (κ1) is 17.7. The molecule has 0 unspecified atom stereocenters. The number of aliphatic imine (C=N–C) groups is 1. The molecule has 0 amide bonds. The van der Waals surface area contributed by atoms with Crippen LogP contribution < -0.4 is 0 Å². The van der Waals surface area contributed by atoms with Crippen molar-refractivity contribution in [3.63, 3.8) is 0 Å². The van der Waals surface area contributed by atoms with Crippen molar-refractivity contribution in [2.24, 2.45) is 16.8 Å². The van der Waals surface area contributed by atoms with E-state index in [1.807, 2.05) is 0 Å². The molecule has 0 aliphatic heterocycles. The maximum atomic E-state index is 6.26. The minimum atomic E-state index is -1.04. The fraction of sp³-hybridized carbons (Fsp3) is 0.800. The third-order valence-electron chi connectivity index (χ3n) is 3.00. The van der Waals surface area contributed by atoms with Gasteiger partial charge in [-0.2, -0.15) is 0 Å². The molecule has 0 aromatic heterocycles. The number of nitrogens with zero attached hydrogens (tertiary/aromatic N) is 1. The molecule has 0 bridgehead atoms. The average Bonchev–Trinajstić information content (AvgIpc) is 2.32. The largest absolute Gasteiger partial charge is 0.645 e. The summed E-state index contributed by atoms with van der Waals surface area (Å²) in [6, 6.07) is 0. The molecule has 0 heterocycles. The van der Waals surface area contributed by atoms with Crippen LogP contribution in [0.15, 0.2) is 16.8 Å². The van der Waals surface area contributed by atoms with E-state index in [4.69, 9.17) is 3.79 Å². The van der Waals surface area contributed by atoms with E-state index in [-0.39, 0.29) is 0 Å². The molecule has 104 valence electrons. The van der Waals surface area contributed by atoms with Crippen molar-refractivity contribution in [2.45, 2.75) is 59.0 Å². The second-order valence-corrected chi connectivity index (χ2v) is 8.42. The zero-order chi connectivity index (χ0) is 14.1. The van der Waals surface area contributed by atoms with E-state index in [2.05, 4.69) is 59.5 Å². The molecule has 0 rings (SSSR count). The van der Waals surface area contributed by atoms with Crippen LogP contribution >= 0.6 is 0 Å². The minimum absolute atomic E-state index is 0.443. The smallest absolute Gasteiger partial charge is 0.546 e. The van der Waals surface area contributed by atoms with Gasteiger partial charge in [-0.25, -0.2) is 0 Å². The lowest BCUT2D eigenvalue weighted by molar-refractivity contribution is 0.372. The molecule has 0 aliphatic rings. The minimum Gasteiger partial charge on any atom is -0.645 e. The predicted octanol–water partition coefficient (Wildman–Crippen LogP) is 4.69. The third-order valence-corrected chi connectivity index (χ3v) is 5.43. The Balaban J connectivity index is 5.02. The molecule has 0 fully saturated rings. The SMILES string of the molecule is CCN=C(/C=C(\[O][Al]([CH2]C)[CH2]C)C(C)C)C(C)C. The first-order valence-corrected chi connectivity index (χ1v) is 9.49. The maximum absolute atomic E-state index is 6.26. The monoisotopic (exact) mass is 267 g/mol. The van der Waals surface area contributed by atoms with Crippen LogP contribution in [0.3, 0.4) is 0 Å². The van der Waals surface area contributed by atoms with Gasteiger partial charge >= 0.3 is 14.5 Å². The molecule has 3 heteroatoms. The van der Waals surface area contributed by atoms with E-state index in [0.717, 1.165) is 12.3 Å². The molecule has 2 nitrogen and oxygen atoms in total. The Morgan fingerprint density at radius 2 is 1.61 bits per heavy atom. The van der Waals surface area contributed by atoms with Gasteiger partial charge in [0.2, 0.25) is 0 Å². The second-order valence-electron chi connectivity index (χ2n) is 5.31. The van der Waals surface area contributed by atoms with Crippen molar-refractivity contribution >= 4 is 20.2 Å². The summed E-state index contributed by atoms with van der Waals surface area (Å²) in [7, 11) is 0. The Morgan fingerprint density at radius 1 is 1.06 bits per heavy atom. The number of allylic oxidation sites excluding steroid dienone is 2. The third kappa shape index (κ3) is 6.62. The maximum Gasteiger partial charge on any atom is 0.546 e. The van der Waals surface area contributed by atoms with Crippen LogP contribution in [-0.2, 0) is 3.79 Å². The van der Waals surface area contributed by atoms with Gasteiger partial charge in [-0.05, 0) is 18.9 Å². The lowest BCUT2D eigenvalue weighted by atomic mass is 10.0. The molecule has 0 aromatic carbocycles. The topological polar surface area (TPSA) is 21.6 Å². The quantitative estimate of drug-likeness (QED) is 0.355. The Morgan fingerprint density at radius 3 is 1.94 bits per heavy atom. The Bertz CT molecular complexity index is 278. The van der Waals surface area contributed by atoms with Gasteiger partial charge < -0.3 is 3.79 Å². The number of hydrogen-bond donors (Lipinski definition) is 0. The molecular weight excluding hydrogens is 237 g/mol. The number of rotatable bonds is 8. The van der Waals surface area contributed by atoms with Gasteiger partial charge in [0.05, 0.1) is 5.76 Å². The van der Waals surface area contributed by atoms with Crippen molar-refractivity contribution < 1.29 is 3.79 Å². The summed E-state index contributed by atoms with van der Waals surface area (Å²) in [5, 5.41) is 2.39. The summed E-state index contributed by atoms with van der Waals surface area (Å²) < 4.78 is 6.26. The van der Waals surface area contributed by atoms with Gasteiger partial charge in [0, 0.05) is 18.2 Å². The lowest BCUT2D eigenvalue weighted by Crippen LogP contribution is -2.19. The average molecular weight is 267 g/mol. The van der Waals surface area contributed by atoms with Gasteiger partial charge in [0.25, 0.3) is 0 Å². The highest BCUT2D eigenvalue weighted by atomic mass is 27.2. The summed E-state index contributed by atoms with van der Waals surface area (Å²) in [5.74, 6) is 2.04. The van der Waals surface area contributed by atoms with Crippen molar-refractivity contribution in [2.75, 3.05) is 6.54 Å². The Labute approximate surface area is 118 Å². The van der Waals surface area contributed by atoms with Gasteiger partial charge in [-0.3, -0.25) is 4.99 Å². The molecule has 18 heavy (non-hydrogen) atoms. The molecule has 0 N–H and O–H groups in total. The van der Waals surface area contributed by atoms with Gasteiger partial charge in [-0.1, -0.05) is 52.1 Å². The highest BCUT2D eigenvalue weighted by Crippen LogP contribution is 2.17. The molecule has 0 atom stereocenters. The number of hydrogen-bond acceptors (Lipinski definition) is 2. The Hall–Kier alpha value is -0.258. The second kappa shape index (κ2) is 9.64. The zero-order valence-corrected chi connectivity index (χ0v) is 14.4. The first-order valence-electron chi connectivity index (χ1n) is 7.38. The van der Waals surface area contributed by atoms with Crippen LogP contribution in [0.25, 0.3) is 0 Å². The summed E-state index contributed by atoms with van der Waals surface area (Å²) in [6.07, 6.45) is 2.18. The molecule has 0 radical (unpaired) electrons. The van der Waals surface area contributed by atoms with Crippen LogP contribution in [0.2, 0.25) is 10.6 Å². The Kier molecular flexibility index (Phi) is 9.51. The molecule has 0 saturated heterocycles. The van der Waals surface area contributed by atoms with E-state index in [1.165, 1.54) is 16.3 Å². The van der Waals surface area contributed by atoms with Crippen molar-refractivity contribution in [1.29, 1.82) is 0 Å². The normalized spacial score (nSPS) is 13.4. The van der Waals surface area contributed by atoms with Gasteiger partial charge in [-0.15, -0.1) is 0 Å². The summed E-state index contributed by atoms with van der Waals surface area (Å²) in [4.78, 5) is 4.58. The first-order chi connectivity index (χ1) is 8.46. The van der Waals surface area contributed by atoms with E-state index < -0.39 is 14.5 Å². The molecule has 0 spiro atoms. The zero-order valence-electron chi connectivity index (χ0n) is 13.3. The fourth-order valence-corrected chi connectivity index (χ4v) is 3.34. The molecular formula is C15H30AlNO. The van der Waals surface area contributed by atoms with Crippen LogP contribution in [0.5, 0.6) is 0 Å². The van der Waals surface area contributed by atoms with E-state index in [0.29, 0.717) is 11.8 Å². The highest BCUT2D eigenvalue weighted by Gasteiger charge is 2.20. The standard InChI is InChI=1S/C11H21NO.2C2H5.Al/c1-6-12-10(8(2)3)7-11(13)9(4)5;2*1-2;/h7-9,13H,6H2,1-5H3;2*1H2,2H3;/q;;;+1/p-1/b11-7-,12-10?;;;. The molecule has 0 aromatic rings. The van der Waals surface area contributed by atoms with Crippen LogP contribution in [0.4, 0.5) is 0 Å². The predicted molar refractivity (Wildman–Crippen MR) is 83.5 cm³/mol. The summed E-state index contributed by atoms with van der Waals surface area (Å²) in [6.45, 7) is 16.2. The molecule has 0 aliphatic carbocycles. The summed E-state index contributed by atoms with van der Waals surface area (Å²) >= 11 is -1.04. The van der Waals surface area contributed by atoms with Crippen molar-refractivity contribution in [3.8, 4) is 0 Å². The fourth-order valence-electron chi connectivity index (χ4n) is 1.71. The summed E-state index contributed by atoms with van der Waals surface area (Å²) in [5.41, 5.74) is 1.17. The van der Waals surface area contributed by atoms with E-state index in [1.54, 1.807) is 0 Å².